The summed E-state index contributed by atoms with van der Waals surface area (Å²) >= 11 is 5.92. The zero-order valence-electron chi connectivity index (χ0n) is 5.71. The Hall–Kier alpha value is -0.370. The molecule has 0 saturated heterocycles. The third-order valence-electron chi connectivity index (χ3n) is 1.47. The first-order valence-corrected chi connectivity index (χ1v) is 3.49. The van der Waals surface area contributed by atoms with Gasteiger partial charge in [-0.1, -0.05) is 11.6 Å². The lowest BCUT2D eigenvalue weighted by Gasteiger charge is -2.22. The highest BCUT2D eigenvalue weighted by atomic mass is 35.5. The Morgan fingerprint density at radius 1 is 1.56 bits per heavy atom. The summed E-state index contributed by atoms with van der Waals surface area (Å²) in [5, 5.41) is 0. The van der Waals surface area contributed by atoms with E-state index in [-0.39, 0.29) is 5.62 Å². The summed E-state index contributed by atoms with van der Waals surface area (Å²) in [5.74, 6) is 0. The van der Waals surface area contributed by atoms with E-state index in [1.165, 1.54) is 0 Å². The summed E-state index contributed by atoms with van der Waals surface area (Å²) in [4.78, 5) is 4.02. The molecule has 0 fully saturated rings. The number of hydrogen-bond donors (Lipinski definition) is 0. The third kappa shape index (κ3) is 1.13. The number of hydrogen-bond acceptors (Lipinski definition) is 2. The van der Waals surface area contributed by atoms with Gasteiger partial charge in [-0.15, -0.1) is 0 Å². The average Bonchev–Trinajstić information content (AvgIpc) is 2.15. The van der Waals surface area contributed by atoms with E-state index in [4.69, 9.17) is 11.6 Å². The average molecular weight is 147 g/mol. The van der Waals surface area contributed by atoms with E-state index < -0.39 is 0 Å². The quantitative estimate of drug-likeness (QED) is 0.406. The highest BCUT2D eigenvalue weighted by Crippen LogP contribution is 2.15. The Bertz CT molecular complexity index is 124. The van der Waals surface area contributed by atoms with Crippen molar-refractivity contribution in [2.24, 2.45) is 0 Å². The molecule has 0 aromatic heterocycles. The number of rotatable bonds is 1. The zero-order chi connectivity index (χ0) is 6.85. The molecule has 0 spiro atoms. The summed E-state index contributed by atoms with van der Waals surface area (Å²) < 4.78 is 0. The standard InChI is InChI=1S/C6H11ClN2/c1-3-9-5-4-8(2)6(9)7/h4-6H,3H2,1-2H3. The Labute approximate surface area is 60.7 Å². The molecular weight excluding hydrogens is 136 g/mol. The summed E-state index contributed by atoms with van der Waals surface area (Å²) in [7, 11) is 1.96. The van der Waals surface area contributed by atoms with Crippen molar-refractivity contribution in [1.29, 1.82) is 0 Å². The van der Waals surface area contributed by atoms with Gasteiger partial charge in [0.25, 0.3) is 0 Å². The van der Waals surface area contributed by atoms with Crippen LogP contribution in [0.2, 0.25) is 0 Å². The molecule has 1 heterocycles. The second-order valence-electron chi connectivity index (χ2n) is 2.10. The molecule has 2 nitrogen and oxygen atoms in total. The molecule has 3 heteroatoms. The monoisotopic (exact) mass is 146 g/mol. The molecule has 0 radical (unpaired) electrons. The van der Waals surface area contributed by atoms with E-state index in [1.807, 2.05) is 24.3 Å². The van der Waals surface area contributed by atoms with Crippen molar-refractivity contribution < 1.29 is 0 Å². The van der Waals surface area contributed by atoms with Crippen molar-refractivity contribution in [2.75, 3.05) is 13.6 Å². The summed E-state index contributed by atoms with van der Waals surface area (Å²) in [6, 6.07) is 0. The lowest BCUT2D eigenvalue weighted by molar-refractivity contribution is 0.265. The molecule has 9 heavy (non-hydrogen) atoms. The van der Waals surface area contributed by atoms with Gasteiger partial charge in [-0.25, -0.2) is 0 Å². The Balaban J connectivity index is 2.51. The minimum atomic E-state index is 0.0231. The molecular formula is C6H11ClN2. The summed E-state index contributed by atoms with van der Waals surface area (Å²) in [6.07, 6.45) is 3.97. The van der Waals surface area contributed by atoms with Crippen LogP contribution in [-0.2, 0) is 0 Å². The first-order chi connectivity index (χ1) is 4.25. The molecule has 0 amide bonds. The highest BCUT2D eigenvalue weighted by Gasteiger charge is 2.17. The maximum absolute atomic E-state index is 5.92. The molecule has 0 aromatic rings. The van der Waals surface area contributed by atoms with Gasteiger partial charge in [0, 0.05) is 26.0 Å². The van der Waals surface area contributed by atoms with Gasteiger partial charge < -0.3 is 9.80 Å². The van der Waals surface area contributed by atoms with E-state index >= 15 is 0 Å². The summed E-state index contributed by atoms with van der Waals surface area (Å²) in [6.45, 7) is 3.05. The molecule has 0 aliphatic carbocycles. The predicted octanol–water partition coefficient (Wildman–Crippen LogP) is 1.25. The van der Waals surface area contributed by atoms with Crippen LogP contribution in [0.4, 0.5) is 0 Å². The van der Waals surface area contributed by atoms with Gasteiger partial charge in [-0.3, -0.25) is 0 Å². The van der Waals surface area contributed by atoms with Gasteiger partial charge in [0.05, 0.1) is 0 Å². The zero-order valence-corrected chi connectivity index (χ0v) is 6.47. The third-order valence-corrected chi connectivity index (χ3v) is 2.03. The van der Waals surface area contributed by atoms with E-state index in [1.54, 1.807) is 0 Å². The molecule has 0 N–H and O–H groups in total. The smallest absolute Gasteiger partial charge is 0.179 e. The van der Waals surface area contributed by atoms with E-state index in [0.717, 1.165) is 6.54 Å². The van der Waals surface area contributed by atoms with E-state index in [9.17, 15) is 0 Å². The van der Waals surface area contributed by atoms with Crippen molar-refractivity contribution >= 4 is 11.6 Å². The largest absolute Gasteiger partial charge is 0.347 e. The Kier molecular flexibility index (Phi) is 1.86. The normalized spacial score (nSPS) is 25.9. The first-order valence-electron chi connectivity index (χ1n) is 3.05. The molecule has 0 saturated carbocycles. The SMILES string of the molecule is CCN1C=CN(C)C1Cl. The molecule has 1 aliphatic heterocycles. The minimum absolute atomic E-state index is 0.0231. The molecule has 1 atom stereocenters. The van der Waals surface area contributed by atoms with Gasteiger partial charge in [0.15, 0.2) is 5.62 Å². The van der Waals surface area contributed by atoms with Crippen LogP contribution in [0.1, 0.15) is 6.92 Å². The van der Waals surface area contributed by atoms with Crippen LogP contribution < -0.4 is 0 Å². The van der Waals surface area contributed by atoms with Crippen molar-refractivity contribution in [3.63, 3.8) is 0 Å². The topological polar surface area (TPSA) is 6.48 Å². The number of nitrogens with zero attached hydrogens (tertiary/aromatic N) is 2. The van der Waals surface area contributed by atoms with Crippen LogP contribution in [0.3, 0.4) is 0 Å². The fourth-order valence-electron chi connectivity index (χ4n) is 0.823. The van der Waals surface area contributed by atoms with Crippen molar-refractivity contribution in [3.8, 4) is 0 Å². The molecule has 0 bridgehead atoms. The van der Waals surface area contributed by atoms with Crippen molar-refractivity contribution in [1.82, 2.24) is 9.80 Å². The van der Waals surface area contributed by atoms with Crippen LogP contribution >= 0.6 is 11.6 Å². The Morgan fingerprint density at radius 2 is 2.22 bits per heavy atom. The van der Waals surface area contributed by atoms with Crippen molar-refractivity contribution in [2.45, 2.75) is 12.5 Å². The predicted molar refractivity (Wildman–Crippen MR) is 38.9 cm³/mol. The van der Waals surface area contributed by atoms with E-state index in [0.29, 0.717) is 0 Å². The van der Waals surface area contributed by atoms with Crippen LogP contribution in [0.25, 0.3) is 0 Å². The highest BCUT2D eigenvalue weighted by molar-refractivity contribution is 6.20. The molecule has 52 valence electrons. The fourth-order valence-corrected chi connectivity index (χ4v) is 1.09. The van der Waals surface area contributed by atoms with Crippen LogP contribution in [0, 0.1) is 0 Å². The molecule has 0 aromatic carbocycles. The second-order valence-corrected chi connectivity index (χ2v) is 2.50. The minimum Gasteiger partial charge on any atom is -0.347 e. The lowest BCUT2D eigenvalue weighted by Crippen LogP contribution is -2.30. The van der Waals surface area contributed by atoms with Crippen LogP contribution in [-0.4, -0.2) is 29.0 Å². The fraction of sp³-hybridized carbons (Fsp3) is 0.667. The molecule has 1 aliphatic rings. The van der Waals surface area contributed by atoms with Gasteiger partial charge in [-0.2, -0.15) is 0 Å². The molecule has 1 rings (SSSR count). The van der Waals surface area contributed by atoms with Crippen LogP contribution in [0.15, 0.2) is 12.4 Å². The van der Waals surface area contributed by atoms with Gasteiger partial charge >= 0.3 is 0 Å². The van der Waals surface area contributed by atoms with Gasteiger partial charge in [0.2, 0.25) is 0 Å². The van der Waals surface area contributed by atoms with Gasteiger partial charge in [0.1, 0.15) is 0 Å². The second kappa shape index (κ2) is 2.48. The van der Waals surface area contributed by atoms with Crippen LogP contribution in [0.5, 0.6) is 0 Å². The first kappa shape index (κ1) is 6.75. The maximum Gasteiger partial charge on any atom is 0.179 e. The summed E-state index contributed by atoms with van der Waals surface area (Å²) in [5.41, 5.74) is 0.0231. The van der Waals surface area contributed by atoms with E-state index in [2.05, 4.69) is 11.8 Å². The number of alkyl halides is 1. The molecule has 1 unspecified atom stereocenters. The van der Waals surface area contributed by atoms with Gasteiger partial charge in [-0.05, 0) is 6.92 Å². The Morgan fingerprint density at radius 3 is 2.44 bits per heavy atom. The number of halogens is 1. The van der Waals surface area contributed by atoms with Crippen molar-refractivity contribution in [3.05, 3.63) is 12.4 Å². The maximum atomic E-state index is 5.92. The lowest BCUT2D eigenvalue weighted by atomic mass is 10.6.